The summed E-state index contributed by atoms with van der Waals surface area (Å²) in [5.74, 6) is -0.169. The Morgan fingerprint density at radius 1 is 0.971 bits per heavy atom. The van der Waals surface area contributed by atoms with Gasteiger partial charge < -0.3 is 25.0 Å². The molecule has 1 saturated heterocycles. The predicted octanol–water partition coefficient (Wildman–Crippen LogP) is 3.24. The summed E-state index contributed by atoms with van der Waals surface area (Å²) in [5.41, 5.74) is 7.23. The number of fused-ring (bicyclic) bond motifs is 1. The van der Waals surface area contributed by atoms with Crippen LogP contribution >= 0.6 is 24.8 Å². The molecule has 2 N–H and O–H groups in total. The lowest BCUT2D eigenvalue weighted by atomic mass is 10.1. The summed E-state index contributed by atoms with van der Waals surface area (Å²) < 4.78 is 37.1. The molecule has 12 heteroatoms. The van der Waals surface area contributed by atoms with E-state index in [1.807, 2.05) is 4.90 Å². The fourth-order valence-corrected chi connectivity index (χ4v) is 3.70. The average Bonchev–Trinajstić information content (AvgIpc) is 2.80. The van der Waals surface area contributed by atoms with E-state index in [0.29, 0.717) is 65.9 Å². The normalized spacial score (nSPS) is 13.2. The second-order valence-electron chi connectivity index (χ2n) is 7.43. The van der Waals surface area contributed by atoms with Crippen molar-refractivity contribution in [1.29, 1.82) is 0 Å². The van der Waals surface area contributed by atoms with Crippen LogP contribution in [0, 0.1) is 11.6 Å². The number of ether oxygens (including phenoxy) is 2. The minimum absolute atomic E-state index is 0. The molecule has 8 nitrogen and oxygen atoms in total. The van der Waals surface area contributed by atoms with E-state index in [1.165, 1.54) is 6.07 Å². The highest BCUT2D eigenvalue weighted by Crippen LogP contribution is 2.34. The number of halogens is 4. The van der Waals surface area contributed by atoms with Crippen molar-refractivity contribution in [3.05, 3.63) is 47.5 Å². The molecule has 1 aliphatic rings. The van der Waals surface area contributed by atoms with Gasteiger partial charge in [-0.3, -0.25) is 4.79 Å². The lowest BCUT2D eigenvalue weighted by Crippen LogP contribution is -2.49. The Labute approximate surface area is 207 Å². The van der Waals surface area contributed by atoms with Gasteiger partial charge in [0.1, 0.15) is 5.82 Å². The molecule has 1 amide bonds. The first-order valence-electron chi connectivity index (χ1n) is 10.1. The van der Waals surface area contributed by atoms with E-state index < -0.39 is 11.6 Å². The van der Waals surface area contributed by atoms with Gasteiger partial charge in [-0.25, -0.2) is 13.8 Å². The third kappa shape index (κ3) is 5.51. The van der Waals surface area contributed by atoms with Crippen molar-refractivity contribution in [2.45, 2.75) is 6.42 Å². The number of nitrogens with zero attached hydrogens (tertiary/aromatic N) is 4. The van der Waals surface area contributed by atoms with Crippen LogP contribution in [0.3, 0.4) is 0 Å². The predicted molar refractivity (Wildman–Crippen MR) is 130 cm³/mol. The number of carbonyl (C=O) groups excluding carboxylic acids is 1. The van der Waals surface area contributed by atoms with Crippen LogP contribution in [0.1, 0.15) is 5.56 Å². The van der Waals surface area contributed by atoms with Gasteiger partial charge in [0.05, 0.1) is 26.2 Å². The van der Waals surface area contributed by atoms with Gasteiger partial charge in [-0.05, 0) is 23.8 Å². The van der Waals surface area contributed by atoms with Crippen molar-refractivity contribution < 1.29 is 23.0 Å². The molecule has 0 radical (unpaired) electrons. The zero-order valence-corrected chi connectivity index (χ0v) is 20.2. The Morgan fingerprint density at radius 3 is 2.24 bits per heavy atom. The number of carbonyl (C=O) groups is 1. The number of nitrogens with two attached hydrogens (primary N) is 1. The zero-order chi connectivity index (χ0) is 22.8. The number of anilines is 2. The lowest BCUT2D eigenvalue weighted by Gasteiger charge is -2.35. The largest absolute Gasteiger partial charge is 0.493 e. The Morgan fingerprint density at radius 2 is 1.62 bits per heavy atom. The fourth-order valence-electron chi connectivity index (χ4n) is 3.70. The van der Waals surface area contributed by atoms with Crippen LogP contribution in [0.4, 0.5) is 20.5 Å². The second-order valence-corrected chi connectivity index (χ2v) is 7.43. The SMILES string of the molecule is COc1cc2nc(N3CCN(C(=O)Cc4ccc(F)c(F)c4)CC3)nc(N)c2cc1OC.Cl.Cl. The van der Waals surface area contributed by atoms with Gasteiger partial charge in [-0.1, -0.05) is 6.07 Å². The summed E-state index contributed by atoms with van der Waals surface area (Å²) in [6.07, 6.45) is 0.0122. The fraction of sp³-hybridized carbons (Fsp3) is 0.318. The standard InChI is InChI=1S/C22H23F2N5O3.2ClH/c1-31-18-11-14-17(12-19(18)32-2)26-22(27-21(14)25)29-7-5-28(6-8-29)20(30)10-13-3-4-15(23)16(24)9-13;;/h3-4,9,11-12H,5-8,10H2,1-2H3,(H2,25,26,27);2*1H. The highest BCUT2D eigenvalue weighted by molar-refractivity contribution is 5.91. The van der Waals surface area contributed by atoms with E-state index >= 15 is 0 Å². The molecule has 2 heterocycles. The summed E-state index contributed by atoms with van der Waals surface area (Å²) >= 11 is 0. The van der Waals surface area contributed by atoms with Crippen LogP contribution in [0.5, 0.6) is 11.5 Å². The first-order valence-corrected chi connectivity index (χ1v) is 10.1. The minimum Gasteiger partial charge on any atom is -0.493 e. The number of nitrogen functional groups attached to an aromatic ring is 1. The Hall–Kier alpha value is -3.11. The first-order chi connectivity index (χ1) is 15.4. The Bertz CT molecular complexity index is 1180. The maximum Gasteiger partial charge on any atom is 0.228 e. The number of benzene rings is 2. The highest BCUT2D eigenvalue weighted by Gasteiger charge is 2.24. The molecule has 0 bridgehead atoms. The van der Waals surface area contributed by atoms with E-state index in [2.05, 4.69) is 9.97 Å². The average molecular weight is 516 g/mol. The number of amides is 1. The van der Waals surface area contributed by atoms with Gasteiger partial charge >= 0.3 is 0 Å². The topological polar surface area (TPSA) is 93.8 Å². The van der Waals surface area contributed by atoms with Crippen molar-refractivity contribution in [2.24, 2.45) is 0 Å². The summed E-state index contributed by atoms with van der Waals surface area (Å²) in [4.78, 5) is 25.3. The van der Waals surface area contributed by atoms with Crippen molar-refractivity contribution in [2.75, 3.05) is 51.0 Å². The quantitative estimate of drug-likeness (QED) is 0.557. The molecular weight excluding hydrogens is 491 g/mol. The van der Waals surface area contributed by atoms with E-state index in [1.54, 1.807) is 31.3 Å². The van der Waals surface area contributed by atoms with Crippen LogP contribution in [0.15, 0.2) is 30.3 Å². The molecule has 1 aliphatic heterocycles. The van der Waals surface area contributed by atoms with E-state index in [4.69, 9.17) is 15.2 Å². The molecule has 0 spiro atoms. The molecule has 34 heavy (non-hydrogen) atoms. The highest BCUT2D eigenvalue weighted by atomic mass is 35.5. The number of aromatic nitrogens is 2. The molecule has 1 fully saturated rings. The van der Waals surface area contributed by atoms with Gasteiger partial charge in [0, 0.05) is 37.6 Å². The molecule has 0 aliphatic carbocycles. The van der Waals surface area contributed by atoms with Crippen molar-refractivity contribution in [1.82, 2.24) is 14.9 Å². The Kier molecular flexibility index (Phi) is 9.06. The van der Waals surface area contributed by atoms with Crippen molar-refractivity contribution >= 4 is 53.4 Å². The van der Waals surface area contributed by atoms with Crippen LogP contribution in [0.2, 0.25) is 0 Å². The van der Waals surface area contributed by atoms with Crippen LogP contribution in [-0.4, -0.2) is 61.2 Å². The van der Waals surface area contributed by atoms with E-state index in [9.17, 15) is 13.6 Å². The summed E-state index contributed by atoms with van der Waals surface area (Å²) in [7, 11) is 3.09. The van der Waals surface area contributed by atoms with Gasteiger partial charge in [-0.15, -0.1) is 24.8 Å². The zero-order valence-electron chi connectivity index (χ0n) is 18.6. The van der Waals surface area contributed by atoms with Gasteiger partial charge in [-0.2, -0.15) is 4.98 Å². The second kappa shape index (κ2) is 11.3. The lowest BCUT2D eigenvalue weighted by molar-refractivity contribution is -0.130. The maximum absolute atomic E-state index is 13.4. The van der Waals surface area contributed by atoms with Crippen LogP contribution in [-0.2, 0) is 11.2 Å². The van der Waals surface area contributed by atoms with Crippen molar-refractivity contribution in [3.63, 3.8) is 0 Å². The third-order valence-corrected chi connectivity index (χ3v) is 5.47. The van der Waals surface area contributed by atoms with Crippen LogP contribution < -0.4 is 20.1 Å². The molecule has 2 aromatic carbocycles. The number of rotatable bonds is 5. The molecular formula is C22H25Cl2F2N5O3. The molecule has 0 unspecified atom stereocenters. The van der Waals surface area contributed by atoms with E-state index in [0.717, 1.165) is 12.1 Å². The van der Waals surface area contributed by atoms with Gasteiger partial charge in [0.15, 0.2) is 23.1 Å². The molecule has 3 aromatic rings. The summed E-state index contributed by atoms with van der Waals surface area (Å²) in [5, 5.41) is 0.659. The number of piperazine rings is 1. The molecule has 184 valence electrons. The Balaban J connectivity index is 0.00000204. The minimum atomic E-state index is -0.958. The first kappa shape index (κ1) is 27.1. The monoisotopic (exact) mass is 515 g/mol. The molecule has 0 atom stereocenters. The van der Waals surface area contributed by atoms with Crippen LogP contribution in [0.25, 0.3) is 10.9 Å². The van der Waals surface area contributed by atoms with Crippen molar-refractivity contribution in [3.8, 4) is 11.5 Å². The number of hydrogen-bond donors (Lipinski definition) is 1. The smallest absolute Gasteiger partial charge is 0.228 e. The third-order valence-electron chi connectivity index (χ3n) is 5.47. The molecule has 0 saturated carbocycles. The van der Waals surface area contributed by atoms with Gasteiger partial charge in [0.2, 0.25) is 11.9 Å². The number of methoxy groups -OCH3 is 2. The van der Waals surface area contributed by atoms with E-state index in [-0.39, 0.29) is 37.1 Å². The number of hydrogen-bond acceptors (Lipinski definition) is 7. The summed E-state index contributed by atoms with van der Waals surface area (Å²) in [6.45, 7) is 1.94. The summed E-state index contributed by atoms with van der Waals surface area (Å²) in [6, 6.07) is 6.99. The molecule has 4 rings (SSSR count). The van der Waals surface area contributed by atoms with Gasteiger partial charge in [0.25, 0.3) is 0 Å². The maximum atomic E-state index is 13.4. The molecule has 1 aromatic heterocycles.